The van der Waals surface area contributed by atoms with Gasteiger partial charge in [-0.15, -0.1) is 0 Å². The molecule has 1 aliphatic rings. The Morgan fingerprint density at radius 1 is 1.22 bits per heavy atom. The number of ketones is 1. The number of allylic oxidation sites excluding steroid dienone is 1. The third kappa shape index (κ3) is 7.98. The summed E-state index contributed by atoms with van der Waals surface area (Å²) in [5, 5.41) is 2.88. The number of carbonyl (C=O) groups is 1. The van der Waals surface area contributed by atoms with Crippen LogP contribution in [-0.4, -0.2) is 19.4 Å². The molecule has 1 aromatic carbocycles. The van der Waals surface area contributed by atoms with Gasteiger partial charge in [0, 0.05) is 23.9 Å². The van der Waals surface area contributed by atoms with Crippen molar-refractivity contribution in [3.63, 3.8) is 0 Å². The molecule has 0 saturated heterocycles. The van der Waals surface area contributed by atoms with Crippen LogP contribution in [0.2, 0.25) is 0 Å². The van der Waals surface area contributed by atoms with Crippen molar-refractivity contribution in [2.24, 2.45) is 17.6 Å². The molecule has 0 atom stereocenters. The van der Waals surface area contributed by atoms with Crippen LogP contribution in [0, 0.1) is 11.8 Å². The van der Waals surface area contributed by atoms with Crippen LogP contribution in [0.25, 0.3) is 0 Å². The molecule has 0 unspecified atom stereocenters. The Kier molecular flexibility index (Phi) is 9.30. The molecule has 0 aromatic heterocycles. The molecule has 1 saturated carbocycles. The van der Waals surface area contributed by atoms with Crippen LogP contribution in [0.5, 0.6) is 0 Å². The van der Waals surface area contributed by atoms with Crippen molar-refractivity contribution in [3.8, 4) is 0 Å². The average molecular weight is 316 g/mol. The summed E-state index contributed by atoms with van der Waals surface area (Å²) in [6, 6.07) is 9.07. The number of benzene rings is 1. The minimum absolute atomic E-state index is 0.0571. The first kappa shape index (κ1) is 19.4. The van der Waals surface area contributed by atoms with Crippen LogP contribution >= 0.6 is 0 Å². The van der Waals surface area contributed by atoms with Gasteiger partial charge in [-0.1, -0.05) is 76.3 Å². The van der Waals surface area contributed by atoms with Crippen molar-refractivity contribution in [1.82, 2.24) is 5.32 Å². The first-order chi connectivity index (χ1) is 11.0. The Hall–Kier alpha value is -1.61. The maximum atomic E-state index is 11.5. The Bertz CT molecular complexity index is 474. The van der Waals surface area contributed by atoms with Gasteiger partial charge in [-0.25, -0.2) is 0 Å². The van der Waals surface area contributed by atoms with E-state index in [4.69, 9.17) is 5.73 Å². The van der Waals surface area contributed by atoms with Crippen molar-refractivity contribution < 1.29 is 4.79 Å². The van der Waals surface area contributed by atoms with E-state index in [1.807, 2.05) is 18.2 Å². The molecule has 3 N–H and O–H groups in total. The maximum Gasteiger partial charge on any atom is 0.187 e. The van der Waals surface area contributed by atoms with Gasteiger partial charge in [0.15, 0.2) is 5.78 Å². The van der Waals surface area contributed by atoms with Crippen LogP contribution in [0.3, 0.4) is 0 Å². The molecule has 128 valence electrons. The van der Waals surface area contributed by atoms with Crippen molar-refractivity contribution in [2.45, 2.75) is 46.0 Å². The van der Waals surface area contributed by atoms with Gasteiger partial charge >= 0.3 is 0 Å². The van der Waals surface area contributed by atoms with Gasteiger partial charge in [0.2, 0.25) is 0 Å². The molecule has 0 spiro atoms. The number of carbonyl (C=O) groups excluding carboxylic acids is 1. The van der Waals surface area contributed by atoms with Crippen LogP contribution in [0.15, 0.2) is 42.1 Å². The highest BCUT2D eigenvalue weighted by atomic mass is 16.1. The Labute approximate surface area is 141 Å². The van der Waals surface area contributed by atoms with Crippen molar-refractivity contribution in [3.05, 3.63) is 47.7 Å². The van der Waals surface area contributed by atoms with E-state index in [0.717, 1.165) is 11.8 Å². The van der Waals surface area contributed by atoms with Crippen molar-refractivity contribution >= 4 is 5.78 Å². The first-order valence-electron chi connectivity index (χ1n) is 8.74. The van der Waals surface area contributed by atoms with Gasteiger partial charge in [-0.05, 0) is 18.9 Å². The van der Waals surface area contributed by atoms with E-state index in [-0.39, 0.29) is 5.78 Å². The highest BCUT2D eigenvalue weighted by Gasteiger charge is 2.15. The molecule has 0 heterocycles. The van der Waals surface area contributed by atoms with E-state index in [1.165, 1.54) is 38.2 Å². The number of hydrogen-bond acceptors (Lipinski definition) is 3. The molecular weight excluding hydrogens is 284 g/mol. The third-order valence-corrected chi connectivity index (χ3v) is 4.35. The number of hydrogen-bond donors (Lipinski definition) is 2. The molecular formula is C20H32N2O. The largest absolute Gasteiger partial charge is 0.401 e. The summed E-state index contributed by atoms with van der Waals surface area (Å²) in [4.78, 5) is 11.5. The predicted molar refractivity (Wildman–Crippen MR) is 98.4 cm³/mol. The summed E-state index contributed by atoms with van der Waals surface area (Å²) in [5.41, 5.74) is 6.80. The fraction of sp³-hybridized carbons (Fsp3) is 0.550. The highest BCUT2D eigenvalue weighted by molar-refractivity contribution is 6.04. The predicted octanol–water partition coefficient (Wildman–Crippen LogP) is 4.15. The zero-order valence-corrected chi connectivity index (χ0v) is 14.8. The van der Waals surface area contributed by atoms with Gasteiger partial charge in [-0.3, -0.25) is 4.79 Å². The maximum absolute atomic E-state index is 11.5. The number of nitrogens with two attached hydrogens (primary N) is 1. The molecule has 1 fully saturated rings. The summed E-state index contributed by atoms with van der Waals surface area (Å²) < 4.78 is 0. The molecule has 1 aliphatic carbocycles. The van der Waals surface area contributed by atoms with Crippen LogP contribution in [-0.2, 0) is 0 Å². The minimum Gasteiger partial charge on any atom is -0.401 e. The van der Waals surface area contributed by atoms with E-state index in [9.17, 15) is 4.79 Å². The Morgan fingerprint density at radius 3 is 2.30 bits per heavy atom. The lowest BCUT2D eigenvalue weighted by Gasteiger charge is -2.24. The molecule has 3 heteroatoms. The Balaban J connectivity index is 0.000000253. The number of rotatable bonds is 5. The molecule has 0 amide bonds. The van der Waals surface area contributed by atoms with E-state index < -0.39 is 0 Å². The van der Waals surface area contributed by atoms with E-state index in [2.05, 4.69) is 19.2 Å². The van der Waals surface area contributed by atoms with Crippen LogP contribution < -0.4 is 11.1 Å². The first-order valence-corrected chi connectivity index (χ1v) is 8.74. The summed E-state index contributed by atoms with van der Waals surface area (Å²) in [6.07, 6.45) is 8.91. The normalized spacial score (nSPS) is 15.9. The molecule has 2 rings (SSSR count). The van der Waals surface area contributed by atoms with Gasteiger partial charge in [0.25, 0.3) is 0 Å². The number of nitrogens with one attached hydrogen (secondary N) is 1. The van der Waals surface area contributed by atoms with E-state index in [0.29, 0.717) is 17.8 Å². The zero-order chi connectivity index (χ0) is 17.1. The van der Waals surface area contributed by atoms with Crippen molar-refractivity contribution in [2.75, 3.05) is 13.6 Å². The van der Waals surface area contributed by atoms with E-state index >= 15 is 0 Å². The SMILES string of the molecule is CC(C)C1CCCCC1.CNC/C(N)=C/C(=O)c1ccccc1. The van der Waals surface area contributed by atoms with Gasteiger partial charge in [0.1, 0.15) is 0 Å². The second kappa shape index (κ2) is 11.0. The quantitative estimate of drug-likeness (QED) is 0.633. The third-order valence-electron chi connectivity index (χ3n) is 4.35. The molecule has 0 radical (unpaired) electrons. The summed E-state index contributed by atoms with van der Waals surface area (Å²) in [6.45, 7) is 5.24. The molecule has 0 aliphatic heterocycles. The van der Waals surface area contributed by atoms with Gasteiger partial charge < -0.3 is 11.1 Å². The lowest BCUT2D eigenvalue weighted by molar-refractivity contribution is 0.104. The second-order valence-corrected chi connectivity index (χ2v) is 6.62. The zero-order valence-electron chi connectivity index (χ0n) is 14.8. The highest BCUT2D eigenvalue weighted by Crippen LogP contribution is 2.29. The standard InChI is InChI=1S/C11H14N2O.C9H18/c1-13-8-10(12)7-11(14)9-5-3-2-4-6-9;1-8(2)9-6-4-3-5-7-9/h2-7,13H,8,12H2,1H3;8-9H,3-7H2,1-2H3/b10-7-;. The number of likely N-dealkylation sites (N-methyl/N-ethyl adjacent to an activating group) is 1. The summed E-state index contributed by atoms with van der Waals surface area (Å²) in [7, 11) is 1.79. The second-order valence-electron chi connectivity index (χ2n) is 6.62. The molecule has 0 bridgehead atoms. The smallest absolute Gasteiger partial charge is 0.187 e. The fourth-order valence-corrected chi connectivity index (χ4v) is 2.91. The summed E-state index contributed by atoms with van der Waals surface area (Å²) in [5.74, 6) is 1.93. The van der Waals surface area contributed by atoms with Crippen molar-refractivity contribution in [1.29, 1.82) is 0 Å². The summed E-state index contributed by atoms with van der Waals surface area (Å²) >= 11 is 0. The van der Waals surface area contributed by atoms with Gasteiger partial charge in [-0.2, -0.15) is 0 Å². The van der Waals surface area contributed by atoms with E-state index in [1.54, 1.807) is 19.2 Å². The topological polar surface area (TPSA) is 55.1 Å². The van der Waals surface area contributed by atoms with Gasteiger partial charge in [0.05, 0.1) is 0 Å². The monoisotopic (exact) mass is 316 g/mol. The molecule has 1 aromatic rings. The lowest BCUT2D eigenvalue weighted by atomic mass is 9.82. The Morgan fingerprint density at radius 2 is 1.83 bits per heavy atom. The van der Waals surface area contributed by atoms with Crippen LogP contribution in [0.4, 0.5) is 0 Å². The lowest BCUT2D eigenvalue weighted by Crippen LogP contribution is -2.17. The average Bonchev–Trinajstić information content (AvgIpc) is 2.57. The fourth-order valence-electron chi connectivity index (χ4n) is 2.91. The molecule has 3 nitrogen and oxygen atoms in total. The minimum atomic E-state index is -0.0571. The van der Waals surface area contributed by atoms with Crippen LogP contribution in [0.1, 0.15) is 56.3 Å². The molecule has 23 heavy (non-hydrogen) atoms.